The predicted octanol–water partition coefficient (Wildman–Crippen LogP) is 13.5. The molecule has 0 saturated carbocycles. The van der Waals surface area contributed by atoms with Gasteiger partial charge in [-0.05, 0) is 92.6 Å². The summed E-state index contributed by atoms with van der Waals surface area (Å²) in [6, 6.07) is 59.4. The van der Waals surface area contributed by atoms with E-state index in [-0.39, 0.29) is 5.92 Å². The van der Waals surface area contributed by atoms with Crippen LogP contribution in [-0.2, 0) is 0 Å². The maximum atomic E-state index is 5.30. The Bertz CT molecular complexity index is 3240. The van der Waals surface area contributed by atoms with Crippen molar-refractivity contribution < 1.29 is 0 Å². The molecule has 1 atom stereocenters. The lowest BCUT2D eigenvalue weighted by Crippen LogP contribution is -2.05. The second kappa shape index (κ2) is 11.7. The van der Waals surface area contributed by atoms with E-state index in [2.05, 4.69) is 181 Å². The van der Waals surface area contributed by atoms with Crippen LogP contribution in [0.3, 0.4) is 0 Å². The van der Waals surface area contributed by atoms with Gasteiger partial charge in [-0.25, -0.2) is 4.98 Å². The Kier molecular flexibility index (Phi) is 6.46. The molecule has 0 bridgehead atoms. The van der Waals surface area contributed by atoms with Gasteiger partial charge in [0.05, 0.1) is 34.0 Å². The highest BCUT2D eigenvalue weighted by Gasteiger charge is 2.35. The molecule has 3 heterocycles. The van der Waals surface area contributed by atoms with Gasteiger partial charge in [0.15, 0.2) is 0 Å². The standard InChI is InChI=1S/C52H33N3/c1-3-12-32(13-4-1)35-22-24-48-43(27-35)45-29-38(33-14-5-2-6-15-33)30-46-44-28-36(23-25-49(44)55(48)52(45)46)34-16-11-17-37(26-34)47-31-53-50-41-20-9-7-18-39(41)40-19-8-10-21-42(40)51(50)54-47/h1-27,29-31,44H,28H2. The molecule has 2 aliphatic rings. The Morgan fingerprint density at radius 3 is 1.85 bits per heavy atom. The summed E-state index contributed by atoms with van der Waals surface area (Å²) in [7, 11) is 0. The highest BCUT2D eigenvalue weighted by molar-refractivity contribution is 6.23. The second-order valence-electron chi connectivity index (χ2n) is 14.9. The third-order valence-corrected chi connectivity index (χ3v) is 11.9. The predicted molar refractivity (Wildman–Crippen MR) is 230 cm³/mol. The highest BCUT2D eigenvalue weighted by Crippen LogP contribution is 2.53. The van der Waals surface area contributed by atoms with Crippen LogP contribution in [0.2, 0.25) is 0 Å². The minimum absolute atomic E-state index is 0.253. The van der Waals surface area contributed by atoms with Crippen LogP contribution in [0.15, 0.2) is 182 Å². The van der Waals surface area contributed by atoms with Crippen molar-refractivity contribution in [1.29, 1.82) is 0 Å². The summed E-state index contributed by atoms with van der Waals surface area (Å²) in [5.41, 5.74) is 16.8. The van der Waals surface area contributed by atoms with Crippen LogP contribution in [-0.4, -0.2) is 14.5 Å². The van der Waals surface area contributed by atoms with Gasteiger partial charge in [0.2, 0.25) is 0 Å². The molecule has 10 aromatic rings. The van der Waals surface area contributed by atoms with E-state index in [1.807, 2.05) is 6.20 Å². The molecule has 12 rings (SSSR count). The summed E-state index contributed by atoms with van der Waals surface area (Å²) in [6.45, 7) is 0. The molecule has 0 radical (unpaired) electrons. The molecule has 0 spiro atoms. The molecule has 1 unspecified atom stereocenters. The molecule has 3 nitrogen and oxygen atoms in total. The summed E-state index contributed by atoms with van der Waals surface area (Å²) >= 11 is 0. The van der Waals surface area contributed by atoms with Crippen molar-refractivity contribution in [1.82, 2.24) is 14.5 Å². The molecule has 1 aliphatic carbocycles. The van der Waals surface area contributed by atoms with E-state index in [1.165, 1.54) is 77.2 Å². The Morgan fingerprint density at radius 2 is 1.09 bits per heavy atom. The maximum absolute atomic E-state index is 5.30. The average molecular weight is 700 g/mol. The lowest BCUT2D eigenvalue weighted by Gasteiger charge is -2.22. The summed E-state index contributed by atoms with van der Waals surface area (Å²) in [5, 5.41) is 7.30. The van der Waals surface area contributed by atoms with Crippen molar-refractivity contribution in [2.24, 2.45) is 0 Å². The number of rotatable bonds is 4. The number of benzene rings is 8. The smallest absolute Gasteiger partial charge is 0.0979 e. The van der Waals surface area contributed by atoms with Crippen LogP contribution < -0.4 is 0 Å². The molecular weight excluding hydrogens is 667 g/mol. The molecular formula is C52H33N3. The van der Waals surface area contributed by atoms with Crippen LogP contribution in [0, 0.1) is 0 Å². The van der Waals surface area contributed by atoms with E-state index in [9.17, 15) is 0 Å². The Morgan fingerprint density at radius 1 is 0.455 bits per heavy atom. The summed E-state index contributed by atoms with van der Waals surface area (Å²) in [4.78, 5) is 10.4. The third kappa shape index (κ3) is 4.57. The molecule has 0 saturated heterocycles. The SMILES string of the molecule is C1=C(c2cccc(-c3cnc4c5ccccc5c5ccccc5c4n3)c2)CC2C(=C1)n1c3ccc(-c4ccccc4)cc3c3cc(-c4ccccc4)cc2c31. The summed E-state index contributed by atoms with van der Waals surface area (Å²) < 4.78 is 2.54. The van der Waals surface area contributed by atoms with Gasteiger partial charge < -0.3 is 4.57 Å². The topological polar surface area (TPSA) is 30.7 Å². The maximum Gasteiger partial charge on any atom is 0.0979 e. The number of nitrogens with zero attached hydrogens (tertiary/aromatic N) is 3. The summed E-state index contributed by atoms with van der Waals surface area (Å²) in [6.07, 6.45) is 7.58. The first-order valence-corrected chi connectivity index (χ1v) is 19.1. The number of allylic oxidation sites excluding steroid dienone is 4. The third-order valence-electron chi connectivity index (χ3n) is 11.9. The van der Waals surface area contributed by atoms with Gasteiger partial charge in [0, 0.05) is 38.7 Å². The second-order valence-corrected chi connectivity index (χ2v) is 14.9. The van der Waals surface area contributed by atoms with E-state index in [0.29, 0.717) is 0 Å². The first-order chi connectivity index (χ1) is 27.3. The lowest BCUT2D eigenvalue weighted by atomic mass is 9.83. The van der Waals surface area contributed by atoms with Crippen LogP contribution in [0.4, 0.5) is 0 Å². The van der Waals surface area contributed by atoms with Gasteiger partial charge in [0.25, 0.3) is 0 Å². The minimum Gasteiger partial charge on any atom is -0.312 e. The molecule has 2 aromatic heterocycles. The molecule has 256 valence electrons. The first-order valence-electron chi connectivity index (χ1n) is 19.1. The van der Waals surface area contributed by atoms with E-state index in [1.54, 1.807) is 0 Å². The largest absolute Gasteiger partial charge is 0.312 e. The molecule has 0 amide bonds. The van der Waals surface area contributed by atoms with Gasteiger partial charge >= 0.3 is 0 Å². The minimum atomic E-state index is 0.253. The normalized spacial score (nSPS) is 14.9. The number of fused-ring (bicyclic) bond motifs is 12. The molecule has 3 heteroatoms. The van der Waals surface area contributed by atoms with Gasteiger partial charge in [-0.1, -0.05) is 140 Å². The average Bonchev–Trinajstić information content (AvgIpc) is 3.78. The highest BCUT2D eigenvalue weighted by atomic mass is 15.0. The van der Waals surface area contributed by atoms with Crippen LogP contribution in [0.5, 0.6) is 0 Å². The number of aromatic nitrogens is 3. The van der Waals surface area contributed by atoms with Crippen molar-refractivity contribution >= 4 is 65.7 Å². The number of hydrogen-bond acceptors (Lipinski definition) is 2. The lowest BCUT2D eigenvalue weighted by molar-refractivity contribution is 0.887. The Balaban J connectivity index is 0.985. The van der Waals surface area contributed by atoms with E-state index in [0.717, 1.165) is 39.5 Å². The fourth-order valence-electron chi connectivity index (χ4n) is 9.37. The molecule has 8 aromatic carbocycles. The molecule has 55 heavy (non-hydrogen) atoms. The Hall–Kier alpha value is -7.10. The van der Waals surface area contributed by atoms with Crippen molar-refractivity contribution in [2.75, 3.05) is 0 Å². The van der Waals surface area contributed by atoms with E-state index in [4.69, 9.17) is 9.97 Å². The van der Waals surface area contributed by atoms with Crippen molar-refractivity contribution in [3.05, 3.63) is 193 Å². The van der Waals surface area contributed by atoms with Crippen molar-refractivity contribution in [2.45, 2.75) is 12.3 Å². The van der Waals surface area contributed by atoms with Crippen molar-refractivity contribution in [3.8, 4) is 33.5 Å². The quantitative estimate of drug-likeness (QED) is 0.171. The first kappa shape index (κ1) is 30.4. The van der Waals surface area contributed by atoms with Crippen LogP contribution >= 0.6 is 0 Å². The summed E-state index contributed by atoms with van der Waals surface area (Å²) in [5.74, 6) is 0.253. The number of hydrogen-bond donors (Lipinski definition) is 0. The van der Waals surface area contributed by atoms with Gasteiger partial charge in [0.1, 0.15) is 0 Å². The van der Waals surface area contributed by atoms with Crippen LogP contribution in [0.1, 0.15) is 23.5 Å². The molecule has 0 fully saturated rings. The molecule has 1 aliphatic heterocycles. The van der Waals surface area contributed by atoms with Crippen LogP contribution in [0.25, 0.3) is 99.2 Å². The van der Waals surface area contributed by atoms with E-state index >= 15 is 0 Å². The zero-order valence-electron chi connectivity index (χ0n) is 29.9. The fraction of sp³-hybridized carbons (Fsp3) is 0.0385. The van der Waals surface area contributed by atoms with Crippen molar-refractivity contribution in [3.63, 3.8) is 0 Å². The van der Waals surface area contributed by atoms with Gasteiger partial charge in [-0.15, -0.1) is 0 Å². The fourth-order valence-corrected chi connectivity index (χ4v) is 9.37. The van der Waals surface area contributed by atoms with Gasteiger partial charge in [-0.2, -0.15) is 0 Å². The zero-order chi connectivity index (χ0) is 36.0. The van der Waals surface area contributed by atoms with E-state index < -0.39 is 0 Å². The zero-order valence-corrected chi connectivity index (χ0v) is 29.9. The molecule has 0 N–H and O–H groups in total. The Labute approximate surface area is 318 Å². The monoisotopic (exact) mass is 699 g/mol. The van der Waals surface area contributed by atoms with Gasteiger partial charge in [-0.3, -0.25) is 4.98 Å².